The van der Waals surface area contributed by atoms with Gasteiger partial charge in [-0.15, -0.1) is 0 Å². The number of aromatic hydroxyl groups is 1. The van der Waals surface area contributed by atoms with Gasteiger partial charge in [-0.1, -0.05) is 12.1 Å². The molecule has 3 rings (SSSR count). The van der Waals surface area contributed by atoms with Gasteiger partial charge in [0.25, 0.3) is 5.91 Å². The molecule has 0 fully saturated rings. The zero-order valence-electron chi connectivity index (χ0n) is 12.2. The van der Waals surface area contributed by atoms with Crippen molar-refractivity contribution in [3.05, 3.63) is 50.9 Å². The highest BCUT2D eigenvalue weighted by Gasteiger charge is 2.26. The summed E-state index contributed by atoms with van der Waals surface area (Å²) >= 11 is 6.46. The van der Waals surface area contributed by atoms with Gasteiger partial charge in [0.1, 0.15) is 12.4 Å². The molecule has 2 aromatic rings. The van der Waals surface area contributed by atoms with Gasteiger partial charge in [-0.05, 0) is 61.7 Å². The molecule has 0 spiro atoms. The van der Waals surface area contributed by atoms with Crippen LogP contribution in [0.25, 0.3) is 0 Å². The molecule has 2 N–H and O–H groups in total. The van der Waals surface area contributed by atoms with Gasteiger partial charge in [0, 0.05) is 0 Å². The number of phenols is 1. The number of carbonyl (C=O) groups is 1. The highest BCUT2D eigenvalue weighted by Crippen LogP contribution is 2.33. The van der Waals surface area contributed by atoms with E-state index in [9.17, 15) is 9.90 Å². The fourth-order valence-corrected chi connectivity index (χ4v) is 3.27. The number of carbonyl (C=O) groups excluding carboxylic acids is 1. The molecule has 0 aliphatic carbocycles. The number of hydrazone groups is 1. The Morgan fingerprint density at radius 1 is 1.25 bits per heavy atom. The molecule has 1 unspecified atom stereocenters. The van der Waals surface area contributed by atoms with Crippen molar-refractivity contribution in [2.45, 2.75) is 6.10 Å². The topological polar surface area (TPSA) is 80.2 Å². The molecule has 0 radical (unpaired) electrons. The van der Waals surface area contributed by atoms with Gasteiger partial charge in [0.15, 0.2) is 11.5 Å². The maximum atomic E-state index is 12.1. The molecule has 1 atom stereocenters. The number of halogens is 2. The molecule has 1 aliphatic rings. The van der Waals surface area contributed by atoms with Crippen molar-refractivity contribution < 1.29 is 19.4 Å². The number of ether oxygens (including phenoxy) is 2. The average molecular weight is 456 g/mol. The van der Waals surface area contributed by atoms with Crippen LogP contribution in [0, 0.1) is 0 Å². The lowest BCUT2D eigenvalue weighted by Gasteiger charge is -2.24. The lowest BCUT2D eigenvalue weighted by Crippen LogP contribution is -2.42. The number of para-hydroxylation sites is 2. The van der Waals surface area contributed by atoms with E-state index in [1.54, 1.807) is 30.3 Å². The quantitative estimate of drug-likeness (QED) is 0.550. The average Bonchev–Trinajstić information content (AvgIpc) is 2.59. The standard InChI is InChI=1S/C16H12Br2N2O4/c17-10-5-9(6-11(18)15(10)21)7-19-20-16(22)14-8-23-12-3-1-2-4-13(12)24-14/h1-7,14,21H,8H2,(H,20,22). The molecule has 0 bridgehead atoms. The first-order chi connectivity index (χ1) is 11.5. The normalized spacial score (nSPS) is 16.2. The van der Waals surface area contributed by atoms with Gasteiger partial charge in [0.05, 0.1) is 15.2 Å². The summed E-state index contributed by atoms with van der Waals surface area (Å²) in [5.74, 6) is 0.836. The fourth-order valence-electron chi connectivity index (χ4n) is 2.05. The van der Waals surface area contributed by atoms with Crippen molar-refractivity contribution in [2.75, 3.05) is 6.61 Å². The van der Waals surface area contributed by atoms with Gasteiger partial charge >= 0.3 is 0 Å². The van der Waals surface area contributed by atoms with E-state index in [1.807, 2.05) is 6.07 Å². The van der Waals surface area contributed by atoms with Gasteiger partial charge in [-0.3, -0.25) is 4.79 Å². The Kier molecular flexibility index (Phi) is 5.06. The van der Waals surface area contributed by atoms with Crippen molar-refractivity contribution in [2.24, 2.45) is 5.10 Å². The molecule has 1 amide bonds. The molecule has 0 saturated carbocycles. The predicted molar refractivity (Wildman–Crippen MR) is 95.6 cm³/mol. The Labute approximate surface area is 154 Å². The summed E-state index contributed by atoms with van der Waals surface area (Å²) in [6.07, 6.45) is 0.695. The molecule has 1 heterocycles. The van der Waals surface area contributed by atoms with E-state index >= 15 is 0 Å². The van der Waals surface area contributed by atoms with E-state index in [0.29, 0.717) is 26.0 Å². The first-order valence-electron chi connectivity index (χ1n) is 6.94. The second kappa shape index (κ2) is 7.23. The second-order valence-electron chi connectivity index (χ2n) is 4.93. The first-order valence-corrected chi connectivity index (χ1v) is 8.52. The van der Waals surface area contributed by atoms with Crippen LogP contribution in [0.2, 0.25) is 0 Å². The largest absolute Gasteiger partial charge is 0.506 e. The third kappa shape index (κ3) is 3.70. The number of rotatable bonds is 3. The molecule has 8 heteroatoms. The van der Waals surface area contributed by atoms with Crippen LogP contribution in [0.1, 0.15) is 5.56 Å². The minimum atomic E-state index is -0.768. The molecule has 124 valence electrons. The summed E-state index contributed by atoms with van der Waals surface area (Å²) in [4.78, 5) is 12.1. The maximum absolute atomic E-state index is 12.1. The van der Waals surface area contributed by atoms with Gasteiger partial charge in [0.2, 0.25) is 6.10 Å². The molecule has 24 heavy (non-hydrogen) atoms. The lowest BCUT2D eigenvalue weighted by atomic mass is 10.2. The Morgan fingerprint density at radius 3 is 2.62 bits per heavy atom. The Morgan fingerprint density at radius 2 is 1.92 bits per heavy atom. The summed E-state index contributed by atoms with van der Waals surface area (Å²) in [5.41, 5.74) is 3.11. The highest BCUT2D eigenvalue weighted by atomic mass is 79.9. The minimum absolute atomic E-state index is 0.0996. The minimum Gasteiger partial charge on any atom is -0.506 e. The smallest absolute Gasteiger partial charge is 0.284 e. The Balaban J connectivity index is 1.62. The zero-order chi connectivity index (χ0) is 17.1. The number of nitrogens with zero attached hydrogens (tertiary/aromatic N) is 1. The fraction of sp³-hybridized carbons (Fsp3) is 0.125. The van der Waals surface area contributed by atoms with Crippen molar-refractivity contribution >= 4 is 44.0 Å². The van der Waals surface area contributed by atoms with E-state index < -0.39 is 12.0 Å². The monoisotopic (exact) mass is 454 g/mol. The molecule has 2 aromatic carbocycles. The highest BCUT2D eigenvalue weighted by molar-refractivity contribution is 9.11. The van der Waals surface area contributed by atoms with Crippen molar-refractivity contribution in [3.8, 4) is 17.2 Å². The summed E-state index contributed by atoms with van der Waals surface area (Å²) in [6, 6.07) is 10.5. The molecular weight excluding hydrogens is 444 g/mol. The number of hydrogen-bond acceptors (Lipinski definition) is 5. The van der Waals surface area contributed by atoms with Crippen LogP contribution in [-0.4, -0.2) is 29.9 Å². The Bertz CT molecular complexity index is 787. The van der Waals surface area contributed by atoms with Crippen LogP contribution in [0.5, 0.6) is 17.2 Å². The van der Waals surface area contributed by atoms with Crippen LogP contribution < -0.4 is 14.9 Å². The number of nitrogens with one attached hydrogen (secondary N) is 1. The van der Waals surface area contributed by atoms with Gasteiger partial charge in [-0.2, -0.15) is 5.10 Å². The van der Waals surface area contributed by atoms with Crippen LogP contribution >= 0.6 is 31.9 Å². The van der Waals surface area contributed by atoms with Crippen LogP contribution in [-0.2, 0) is 4.79 Å². The lowest BCUT2D eigenvalue weighted by molar-refractivity contribution is -0.130. The number of fused-ring (bicyclic) bond motifs is 1. The van der Waals surface area contributed by atoms with Crippen molar-refractivity contribution in [1.82, 2.24) is 5.43 Å². The van der Waals surface area contributed by atoms with E-state index in [1.165, 1.54) is 6.21 Å². The maximum Gasteiger partial charge on any atom is 0.284 e. The predicted octanol–water partition coefficient (Wildman–Crippen LogP) is 3.21. The Hall–Kier alpha value is -2.06. The first kappa shape index (κ1) is 16.8. The van der Waals surface area contributed by atoms with Crippen molar-refractivity contribution in [1.29, 1.82) is 0 Å². The summed E-state index contributed by atoms with van der Waals surface area (Å²) in [5, 5.41) is 13.6. The molecule has 6 nitrogen and oxygen atoms in total. The summed E-state index contributed by atoms with van der Waals surface area (Å²) in [6.45, 7) is 0.120. The van der Waals surface area contributed by atoms with Gasteiger partial charge < -0.3 is 14.6 Å². The van der Waals surface area contributed by atoms with Crippen LogP contribution in [0.3, 0.4) is 0 Å². The van der Waals surface area contributed by atoms with Gasteiger partial charge in [-0.25, -0.2) is 5.43 Å². The van der Waals surface area contributed by atoms with E-state index in [4.69, 9.17) is 9.47 Å². The number of amides is 1. The third-order valence-electron chi connectivity index (χ3n) is 3.23. The molecule has 1 aliphatic heterocycles. The second-order valence-corrected chi connectivity index (χ2v) is 6.64. The molecule has 0 saturated heterocycles. The summed E-state index contributed by atoms with van der Waals surface area (Å²) in [7, 11) is 0. The van der Waals surface area contributed by atoms with E-state index in [2.05, 4.69) is 42.4 Å². The zero-order valence-corrected chi connectivity index (χ0v) is 15.4. The number of hydrogen-bond donors (Lipinski definition) is 2. The SMILES string of the molecule is O=C(NN=Cc1cc(Br)c(O)c(Br)c1)C1COc2ccccc2O1. The number of benzene rings is 2. The molecular formula is C16H12Br2N2O4. The van der Waals surface area contributed by atoms with Crippen LogP contribution in [0.15, 0.2) is 50.4 Å². The number of phenolic OH excluding ortho intramolecular Hbond substituents is 1. The van der Waals surface area contributed by atoms with Crippen LogP contribution in [0.4, 0.5) is 0 Å². The van der Waals surface area contributed by atoms with Crippen molar-refractivity contribution in [3.63, 3.8) is 0 Å². The van der Waals surface area contributed by atoms with E-state index in [-0.39, 0.29) is 12.4 Å². The molecule has 0 aromatic heterocycles. The van der Waals surface area contributed by atoms with E-state index in [0.717, 1.165) is 0 Å². The summed E-state index contributed by atoms with van der Waals surface area (Å²) < 4.78 is 12.1. The third-order valence-corrected chi connectivity index (χ3v) is 4.44.